The maximum absolute atomic E-state index is 9.55. The van der Waals surface area contributed by atoms with E-state index in [0.717, 1.165) is 11.4 Å². The van der Waals surface area contributed by atoms with Crippen LogP contribution in [0.15, 0.2) is 64.4 Å². The largest absolute Gasteiger partial charge is 0.478 e. The molecule has 1 unspecified atom stereocenters. The molecule has 0 amide bonds. The minimum atomic E-state index is -1.26. The molecule has 0 radical (unpaired) electrons. The Balaban J connectivity index is 0.000000279. The number of hydrogen-bond donors (Lipinski definition) is 2. The van der Waals surface area contributed by atoms with Crippen LogP contribution in [0.3, 0.4) is 0 Å². The van der Waals surface area contributed by atoms with Gasteiger partial charge in [0, 0.05) is 33.0 Å². The van der Waals surface area contributed by atoms with Crippen LogP contribution in [-0.4, -0.2) is 41.1 Å². The van der Waals surface area contributed by atoms with Gasteiger partial charge >= 0.3 is 11.9 Å². The van der Waals surface area contributed by atoms with Crippen LogP contribution in [-0.2, 0) is 16.0 Å². The molecule has 0 aliphatic carbocycles. The number of halogens is 1. The first-order chi connectivity index (χ1) is 12.8. The molecule has 3 rings (SSSR count). The molecule has 142 valence electrons. The van der Waals surface area contributed by atoms with Gasteiger partial charge in [0.2, 0.25) is 0 Å². The van der Waals surface area contributed by atoms with E-state index >= 15 is 0 Å². The third kappa shape index (κ3) is 6.13. The normalized spacial score (nSPS) is 15.3. The number of carboxylic acid groups (broad SMARTS) is 2. The molecule has 0 saturated carbocycles. The van der Waals surface area contributed by atoms with Crippen LogP contribution in [0, 0.1) is 0 Å². The zero-order valence-corrected chi connectivity index (χ0v) is 16.5. The number of fused-ring (bicyclic) bond motifs is 2. The summed E-state index contributed by atoms with van der Waals surface area (Å²) in [7, 11) is 4.28. The van der Waals surface area contributed by atoms with E-state index in [1.807, 2.05) is 17.8 Å². The average Bonchev–Trinajstić information content (AvgIpc) is 2.77. The van der Waals surface area contributed by atoms with Crippen LogP contribution >= 0.6 is 23.4 Å². The topological polar surface area (TPSA) is 77.8 Å². The fraction of sp³-hybridized carbons (Fsp3) is 0.200. The van der Waals surface area contributed by atoms with E-state index in [1.165, 1.54) is 20.9 Å². The third-order valence-electron chi connectivity index (χ3n) is 3.93. The summed E-state index contributed by atoms with van der Waals surface area (Å²) in [6.45, 7) is 0. The van der Waals surface area contributed by atoms with Crippen molar-refractivity contribution in [2.24, 2.45) is 0 Å². The molecule has 5 nitrogen and oxygen atoms in total. The monoisotopic (exact) mass is 405 g/mol. The first-order valence-electron chi connectivity index (χ1n) is 8.13. The second-order valence-electron chi connectivity index (χ2n) is 6.09. The Labute approximate surface area is 167 Å². The van der Waals surface area contributed by atoms with Crippen molar-refractivity contribution in [1.82, 2.24) is 4.90 Å². The number of hydrogen-bond acceptors (Lipinski definition) is 4. The van der Waals surface area contributed by atoms with Crippen molar-refractivity contribution >= 4 is 35.3 Å². The molecule has 0 aromatic heterocycles. The van der Waals surface area contributed by atoms with Crippen LogP contribution in [0.4, 0.5) is 0 Å². The number of rotatable bonds is 3. The molecule has 2 aromatic carbocycles. The molecule has 7 heteroatoms. The number of benzene rings is 2. The highest BCUT2D eigenvalue weighted by molar-refractivity contribution is 7.99. The van der Waals surface area contributed by atoms with Gasteiger partial charge in [-0.2, -0.15) is 0 Å². The lowest BCUT2D eigenvalue weighted by Crippen LogP contribution is -2.22. The number of carboxylic acids is 2. The summed E-state index contributed by atoms with van der Waals surface area (Å²) in [6, 6.07) is 15.3. The SMILES string of the molecule is CN(C)C1Cc2cc(Cl)ccc2Sc2ccccc21.O=C(O)C=CC(=O)O. The Morgan fingerprint density at radius 2 is 1.70 bits per heavy atom. The lowest BCUT2D eigenvalue weighted by molar-refractivity contribution is -0.134. The second kappa shape index (κ2) is 9.60. The third-order valence-corrected chi connectivity index (χ3v) is 5.37. The molecule has 27 heavy (non-hydrogen) atoms. The Kier molecular flexibility index (Phi) is 7.47. The number of aliphatic carboxylic acids is 2. The second-order valence-corrected chi connectivity index (χ2v) is 7.61. The van der Waals surface area contributed by atoms with E-state index in [1.54, 1.807) is 0 Å². The number of nitrogens with zero attached hydrogens (tertiary/aromatic N) is 1. The van der Waals surface area contributed by atoms with Gasteiger partial charge in [-0.05, 0) is 55.9 Å². The maximum atomic E-state index is 9.55. The van der Waals surface area contributed by atoms with Crippen molar-refractivity contribution < 1.29 is 19.8 Å². The molecule has 2 N–H and O–H groups in total. The highest BCUT2D eigenvalue weighted by Gasteiger charge is 2.23. The van der Waals surface area contributed by atoms with Gasteiger partial charge in [0.15, 0.2) is 0 Å². The van der Waals surface area contributed by atoms with Gasteiger partial charge in [-0.15, -0.1) is 0 Å². The predicted molar refractivity (Wildman–Crippen MR) is 107 cm³/mol. The van der Waals surface area contributed by atoms with E-state index in [-0.39, 0.29) is 0 Å². The molecular weight excluding hydrogens is 386 g/mol. The summed E-state index contributed by atoms with van der Waals surface area (Å²) in [5.74, 6) is -2.51. The molecular formula is C20H20ClNO4S. The Bertz CT molecular complexity index is 851. The molecule has 1 aliphatic rings. The average molecular weight is 406 g/mol. The quantitative estimate of drug-likeness (QED) is 0.738. The zero-order valence-electron chi connectivity index (χ0n) is 14.9. The van der Waals surface area contributed by atoms with Crippen LogP contribution in [0.25, 0.3) is 0 Å². The van der Waals surface area contributed by atoms with Gasteiger partial charge in [-0.1, -0.05) is 41.6 Å². The zero-order chi connectivity index (χ0) is 20.0. The fourth-order valence-corrected chi connectivity index (χ4v) is 4.01. The fourth-order valence-electron chi connectivity index (χ4n) is 2.70. The molecule has 2 aromatic rings. The number of likely N-dealkylation sites (N-methyl/N-ethyl adjacent to an activating group) is 1. The van der Waals surface area contributed by atoms with Crippen molar-refractivity contribution in [3.63, 3.8) is 0 Å². The van der Waals surface area contributed by atoms with Gasteiger partial charge < -0.3 is 15.1 Å². The van der Waals surface area contributed by atoms with Crippen molar-refractivity contribution in [3.8, 4) is 0 Å². The summed E-state index contributed by atoms with van der Waals surface area (Å²) in [5.41, 5.74) is 2.75. The van der Waals surface area contributed by atoms with Crippen molar-refractivity contribution in [2.75, 3.05) is 14.1 Å². The van der Waals surface area contributed by atoms with Crippen molar-refractivity contribution in [2.45, 2.75) is 22.3 Å². The first kappa shape index (κ1) is 21.0. The molecule has 0 spiro atoms. The van der Waals surface area contributed by atoms with Crippen LogP contribution in [0.1, 0.15) is 17.2 Å². The summed E-state index contributed by atoms with van der Waals surface area (Å²) in [5, 5.41) is 16.4. The molecule has 0 bridgehead atoms. The van der Waals surface area contributed by atoms with E-state index in [2.05, 4.69) is 55.4 Å². The molecule has 1 atom stereocenters. The van der Waals surface area contributed by atoms with E-state index in [4.69, 9.17) is 21.8 Å². The summed E-state index contributed by atoms with van der Waals surface area (Å²) in [4.78, 5) is 24.1. The Hall–Kier alpha value is -2.28. The van der Waals surface area contributed by atoms with E-state index in [9.17, 15) is 9.59 Å². The maximum Gasteiger partial charge on any atom is 0.328 e. The Morgan fingerprint density at radius 1 is 1.07 bits per heavy atom. The van der Waals surface area contributed by atoms with Crippen LogP contribution in [0.2, 0.25) is 5.02 Å². The number of carbonyl (C=O) groups is 2. The highest BCUT2D eigenvalue weighted by atomic mass is 35.5. The summed E-state index contributed by atoms with van der Waals surface area (Å²) < 4.78 is 0. The van der Waals surface area contributed by atoms with E-state index in [0.29, 0.717) is 18.2 Å². The van der Waals surface area contributed by atoms with Gasteiger partial charge in [0.1, 0.15) is 0 Å². The summed E-state index contributed by atoms with van der Waals surface area (Å²) >= 11 is 7.99. The summed E-state index contributed by atoms with van der Waals surface area (Å²) in [6.07, 6.45) is 2.12. The first-order valence-corrected chi connectivity index (χ1v) is 9.33. The van der Waals surface area contributed by atoms with Crippen LogP contribution in [0.5, 0.6) is 0 Å². The highest BCUT2D eigenvalue weighted by Crippen LogP contribution is 2.42. The van der Waals surface area contributed by atoms with Gasteiger partial charge in [0.25, 0.3) is 0 Å². The van der Waals surface area contributed by atoms with Gasteiger partial charge in [0.05, 0.1) is 0 Å². The lowest BCUT2D eigenvalue weighted by Gasteiger charge is -2.24. The minimum absolute atomic E-state index is 0.406. The molecule has 0 fully saturated rings. The lowest BCUT2D eigenvalue weighted by atomic mass is 9.98. The van der Waals surface area contributed by atoms with Crippen molar-refractivity contribution in [1.29, 1.82) is 0 Å². The predicted octanol–water partition coefficient (Wildman–Crippen LogP) is 4.36. The van der Waals surface area contributed by atoms with Crippen molar-refractivity contribution in [3.05, 3.63) is 70.8 Å². The standard InChI is InChI=1S/C16H16ClNS.C4H4O4/c1-18(2)14-10-11-9-12(17)7-8-15(11)19-16-6-4-3-5-13(14)16;5-3(6)1-2-4(7)8/h3-9,14H,10H2,1-2H3;1-2H,(H,5,6)(H,7,8). The molecule has 1 aliphatic heterocycles. The van der Waals surface area contributed by atoms with Gasteiger partial charge in [-0.3, -0.25) is 0 Å². The minimum Gasteiger partial charge on any atom is -0.478 e. The van der Waals surface area contributed by atoms with Gasteiger partial charge in [-0.25, -0.2) is 9.59 Å². The van der Waals surface area contributed by atoms with E-state index < -0.39 is 11.9 Å². The Morgan fingerprint density at radius 3 is 2.30 bits per heavy atom. The smallest absolute Gasteiger partial charge is 0.328 e. The van der Waals surface area contributed by atoms with Crippen LogP contribution < -0.4 is 0 Å². The molecule has 1 heterocycles. The molecule has 0 saturated heterocycles.